The van der Waals surface area contributed by atoms with Crippen LogP contribution in [0.4, 0.5) is 5.69 Å². The number of imide groups is 1. The Kier molecular flexibility index (Phi) is 3.72. The van der Waals surface area contributed by atoms with Crippen LogP contribution in [0.15, 0.2) is 60.7 Å². The first kappa shape index (κ1) is 16.9. The fraction of sp³-hybridized carbons (Fsp3) is 0.261. The molecule has 5 heteroatoms. The lowest BCUT2D eigenvalue weighted by Gasteiger charge is -2.18. The number of hydrogen-bond donors (Lipinski definition) is 0. The summed E-state index contributed by atoms with van der Waals surface area (Å²) in [6.07, 6.45) is 5.04. The summed E-state index contributed by atoms with van der Waals surface area (Å²) in [4.78, 5) is 39.5. The lowest BCUT2D eigenvalue weighted by molar-refractivity contribution is -0.123. The Morgan fingerprint density at radius 1 is 0.964 bits per heavy atom. The zero-order valence-electron chi connectivity index (χ0n) is 15.4. The van der Waals surface area contributed by atoms with Crippen LogP contribution in [0.5, 0.6) is 5.75 Å². The Bertz CT molecular complexity index is 993. The maximum absolute atomic E-state index is 12.9. The van der Waals surface area contributed by atoms with Gasteiger partial charge in [-0.1, -0.05) is 35.9 Å². The van der Waals surface area contributed by atoms with Gasteiger partial charge in [0.2, 0.25) is 11.8 Å². The van der Waals surface area contributed by atoms with E-state index in [0.717, 1.165) is 12.0 Å². The van der Waals surface area contributed by atoms with Crippen molar-refractivity contribution in [2.45, 2.75) is 13.3 Å². The summed E-state index contributed by atoms with van der Waals surface area (Å²) in [5, 5.41) is 0. The predicted molar refractivity (Wildman–Crippen MR) is 103 cm³/mol. The summed E-state index contributed by atoms with van der Waals surface area (Å²) in [5.74, 6) is -0.625. The van der Waals surface area contributed by atoms with Crippen LogP contribution in [0.3, 0.4) is 0 Å². The number of rotatable bonds is 3. The van der Waals surface area contributed by atoms with Gasteiger partial charge in [0.1, 0.15) is 5.75 Å². The number of ether oxygens (including phenoxy) is 1. The molecule has 0 spiro atoms. The molecule has 1 aliphatic heterocycles. The summed E-state index contributed by atoms with van der Waals surface area (Å²) in [6.45, 7) is 1.94. The van der Waals surface area contributed by atoms with Gasteiger partial charge in [0.05, 0.1) is 23.1 Å². The molecule has 0 unspecified atom stereocenters. The minimum atomic E-state index is -0.477. The molecule has 2 aliphatic carbocycles. The maximum Gasteiger partial charge on any atom is 0.343 e. The van der Waals surface area contributed by atoms with Gasteiger partial charge >= 0.3 is 5.97 Å². The third-order valence-corrected chi connectivity index (χ3v) is 6.04. The highest BCUT2D eigenvalue weighted by Gasteiger charge is 2.59. The molecular formula is C23H19NO4. The number of carbonyl (C=O) groups is 3. The highest BCUT2D eigenvalue weighted by molar-refractivity contribution is 6.22. The zero-order chi connectivity index (χ0) is 19.4. The number of anilines is 1. The van der Waals surface area contributed by atoms with Crippen molar-refractivity contribution in [2.75, 3.05) is 4.90 Å². The molecule has 2 amide bonds. The molecule has 3 aliphatic rings. The van der Waals surface area contributed by atoms with Gasteiger partial charge in [0.25, 0.3) is 0 Å². The van der Waals surface area contributed by atoms with Crippen LogP contribution < -0.4 is 9.64 Å². The fourth-order valence-electron chi connectivity index (χ4n) is 4.70. The van der Waals surface area contributed by atoms with Gasteiger partial charge in [0.15, 0.2) is 0 Å². The van der Waals surface area contributed by atoms with Crippen molar-refractivity contribution >= 4 is 23.5 Å². The highest BCUT2D eigenvalue weighted by atomic mass is 16.5. The van der Waals surface area contributed by atoms with E-state index in [2.05, 4.69) is 12.2 Å². The first-order valence-electron chi connectivity index (χ1n) is 9.48. The fourth-order valence-corrected chi connectivity index (χ4v) is 4.70. The van der Waals surface area contributed by atoms with Crippen molar-refractivity contribution in [1.82, 2.24) is 0 Å². The van der Waals surface area contributed by atoms with Gasteiger partial charge in [-0.05, 0) is 49.4 Å². The standard InChI is InChI=1S/C23H19NO4/c1-13-5-7-14(8-6-13)23(27)28-18-4-2-3-17(12-18)24-21(25)19-15-9-10-16(11-15)20(19)22(24)26/h2-10,12,15-16,19-20H,11H2,1H3/t15-,16-,19-,20+/m0/s1. The van der Waals surface area contributed by atoms with E-state index < -0.39 is 5.97 Å². The van der Waals surface area contributed by atoms with Crippen LogP contribution >= 0.6 is 0 Å². The Hall–Kier alpha value is -3.21. The SMILES string of the molecule is Cc1ccc(C(=O)Oc2cccc(N3C(=O)[C@@H]4[C@H](C3=O)[C@H]3C=C[C@H]4C3)c2)cc1. The van der Waals surface area contributed by atoms with E-state index >= 15 is 0 Å². The number of amides is 2. The van der Waals surface area contributed by atoms with E-state index in [1.165, 1.54) is 4.90 Å². The van der Waals surface area contributed by atoms with E-state index in [0.29, 0.717) is 17.0 Å². The molecule has 5 nitrogen and oxygen atoms in total. The lowest BCUT2D eigenvalue weighted by Crippen LogP contribution is -2.32. The number of hydrogen-bond acceptors (Lipinski definition) is 4. The number of carbonyl (C=O) groups excluding carboxylic acids is 3. The molecule has 1 saturated carbocycles. The Balaban J connectivity index is 1.39. The maximum atomic E-state index is 12.9. The van der Waals surface area contributed by atoms with Crippen LogP contribution in [-0.2, 0) is 9.59 Å². The monoisotopic (exact) mass is 373 g/mol. The molecule has 28 heavy (non-hydrogen) atoms. The van der Waals surface area contributed by atoms with Crippen molar-refractivity contribution in [1.29, 1.82) is 0 Å². The topological polar surface area (TPSA) is 63.7 Å². The minimum absolute atomic E-state index is 0.145. The van der Waals surface area contributed by atoms with Crippen molar-refractivity contribution < 1.29 is 19.1 Å². The molecule has 1 saturated heterocycles. The van der Waals surface area contributed by atoms with Gasteiger partial charge in [0, 0.05) is 6.07 Å². The molecule has 0 radical (unpaired) electrons. The molecule has 0 N–H and O–H groups in total. The molecule has 140 valence electrons. The van der Waals surface area contributed by atoms with Crippen molar-refractivity contribution in [2.24, 2.45) is 23.7 Å². The van der Waals surface area contributed by atoms with E-state index in [-0.39, 0.29) is 35.5 Å². The Labute approximate surface area is 162 Å². The molecular weight excluding hydrogens is 354 g/mol. The number of fused-ring (bicyclic) bond motifs is 5. The highest BCUT2D eigenvalue weighted by Crippen LogP contribution is 2.53. The number of nitrogens with zero attached hydrogens (tertiary/aromatic N) is 1. The second kappa shape index (κ2) is 6.16. The van der Waals surface area contributed by atoms with E-state index in [9.17, 15) is 14.4 Å². The Morgan fingerprint density at radius 2 is 1.61 bits per heavy atom. The van der Waals surface area contributed by atoms with Crippen molar-refractivity contribution in [3.63, 3.8) is 0 Å². The van der Waals surface area contributed by atoms with Crippen LogP contribution in [0.1, 0.15) is 22.3 Å². The van der Waals surface area contributed by atoms with Gasteiger partial charge in [-0.25, -0.2) is 9.69 Å². The molecule has 0 aromatic heterocycles. The Morgan fingerprint density at radius 3 is 2.25 bits per heavy atom. The largest absolute Gasteiger partial charge is 0.423 e. The quantitative estimate of drug-likeness (QED) is 0.357. The average Bonchev–Trinajstić information content (AvgIpc) is 3.36. The molecule has 4 atom stereocenters. The van der Waals surface area contributed by atoms with Crippen LogP contribution in [0.2, 0.25) is 0 Å². The molecule has 5 rings (SSSR count). The van der Waals surface area contributed by atoms with Crippen molar-refractivity contribution in [3.8, 4) is 5.75 Å². The first-order valence-corrected chi connectivity index (χ1v) is 9.48. The number of allylic oxidation sites excluding steroid dienone is 2. The molecule has 2 aromatic carbocycles. The number of aryl methyl sites for hydroxylation is 1. The average molecular weight is 373 g/mol. The van der Waals surface area contributed by atoms with E-state index in [1.807, 2.05) is 19.1 Å². The van der Waals surface area contributed by atoms with Crippen molar-refractivity contribution in [3.05, 3.63) is 71.8 Å². The summed E-state index contributed by atoms with van der Waals surface area (Å²) < 4.78 is 5.46. The number of esters is 1. The van der Waals surface area contributed by atoms with Gasteiger partial charge in [-0.3, -0.25) is 9.59 Å². The van der Waals surface area contributed by atoms with E-state index in [1.54, 1.807) is 36.4 Å². The third kappa shape index (κ3) is 2.50. The van der Waals surface area contributed by atoms with Crippen LogP contribution in [0.25, 0.3) is 0 Å². The predicted octanol–water partition coefficient (Wildman–Crippen LogP) is 3.53. The zero-order valence-corrected chi connectivity index (χ0v) is 15.4. The third-order valence-electron chi connectivity index (χ3n) is 6.04. The minimum Gasteiger partial charge on any atom is -0.423 e. The van der Waals surface area contributed by atoms with Gasteiger partial charge in [-0.15, -0.1) is 0 Å². The normalized spacial score (nSPS) is 27.4. The van der Waals surface area contributed by atoms with Crippen LogP contribution in [-0.4, -0.2) is 17.8 Å². The second-order valence-corrected chi connectivity index (χ2v) is 7.76. The first-order chi connectivity index (χ1) is 13.5. The summed E-state index contributed by atoms with van der Waals surface area (Å²) in [6, 6.07) is 13.7. The van der Waals surface area contributed by atoms with E-state index in [4.69, 9.17) is 4.74 Å². The molecule has 2 aromatic rings. The second-order valence-electron chi connectivity index (χ2n) is 7.76. The summed E-state index contributed by atoms with van der Waals surface area (Å²) in [5.41, 5.74) is 1.96. The number of benzene rings is 2. The molecule has 2 bridgehead atoms. The smallest absolute Gasteiger partial charge is 0.343 e. The summed E-state index contributed by atoms with van der Waals surface area (Å²) in [7, 11) is 0. The van der Waals surface area contributed by atoms with Crippen LogP contribution in [0, 0.1) is 30.6 Å². The molecule has 1 heterocycles. The van der Waals surface area contributed by atoms with Gasteiger partial charge in [-0.2, -0.15) is 0 Å². The van der Waals surface area contributed by atoms with Gasteiger partial charge < -0.3 is 4.74 Å². The summed E-state index contributed by atoms with van der Waals surface area (Å²) >= 11 is 0. The lowest BCUT2D eigenvalue weighted by atomic mass is 9.85. The molecule has 2 fully saturated rings.